The number of thiophene rings is 1. The molecule has 0 saturated heterocycles. The van der Waals surface area contributed by atoms with E-state index < -0.39 is 0 Å². The zero-order valence-electron chi connectivity index (χ0n) is 10.9. The predicted molar refractivity (Wildman–Crippen MR) is 78.1 cm³/mol. The molecule has 0 aromatic carbocycles. The standard InChI is InChI=1S/C13H20N2OS.ClH/c1-3-9(2)12(14)13(16)15-6-4-11-10(8-15)5-7-17-11;/h5,7,9,12H,3-4,6,8,14H2,1-2H3;1H. The molecule has 0 radical (unpaired) electrons. The summed E-state index contributed by atoms with van der Waals surface area (Å²) in [5.74, 6) is 0.363. The van der Waals surface area contributed by atoms with Crippen LogP contribution in [0.4, 0.5) is 0 Å². The summed E-state index contributed by atoms with van der Waals surface area (Å²) in [4.78, 5) is 15.6. The van der Waals surface area contributed by atoms with Crippen LogP contribution in [0.1, 0.15) is 30.7 Å². The van der Waals surface area contributed by atoms with Gasteiger partial charge < -0.3 is 10.6 Å². The van der Waals surface area contributed by atoms with Gasteiger partial charge in [0.1, 0.15) is 0 Å². The van der Waals surface area contributed by atoms with Gasteiger partial charge in [-0.2, -0.15) is 0 Å². The molecule has 2 unspecified atom stereocenters. The number of carbonyl (C=O) groups is 1. The smallest absolute Gasteiger partial charge is 0.240 e. The largest absolute Gasteiger partial charge is 0.337 e. The number of hydrogen-bond donors (Lipinski definition) is 1. The predicted octanol–water partition coefficient (Wildman–Crippen LogP) is 2.43. The Bertz CT molecular complexity index is 407. The second-order valence-electron chi connectivity index (χ2n) is 4.79. The van der Waals surface area contributed by atoms with Crippen molar-refractivity contribution in [1.82, 2.24) is 4.90 Å². The summed E-state index contributed by atoms with van der Waals surface area (Å²) >= 11 is 1.79. The number of rotatable bonds is 3. The molecule has 2 rings (SSSR count). The van der Waals surface area contributed by atoms with Crippen molar-refractivity contribution in [2.75, 3.05) is 6.54 Å². The first-order valence-electron chi connectivity index (χ1n) is 6.23. The van der Waals surface area contributed by atoms with E-state index in [-0.39, 0.29) is 30.3 Å². The topological polar surface area (TPSA) is 46.3 Å². The van der Waals surface area contributed by atoms with Crippen LogP contribution in [0.2, 0.25) is 0 Å². The summed E-state index contributed by atoms with van der Waals surface area (Å²) in [5.41, 5.74) is 7.31. The Balaban J connectivity index is 0.00000162. The number of amides is 1. The SMILES string of the molecule is CCC(C)C(N)C(=O)N1CCc2sccc2C1.Cl. The molecular weight excluding hydrogens is 268 g/mol. The van der Waals surface area contributed by atoms with E-state index in [0.29, 0.717) is 0 Å². The maximum absolute atomic E-state index is 12.2. The van der Waals surface area contributed by atoms with Crippen LogP contribution < -0.4 is 5.73 Å². The van der Waals surface area contributed by atoms with Gasteiger partial charge in [-0.1, -0.05) is 20.3 Å². The van der Waals surface area contributed by atoms with Crippen molar-refractivity contribution in [2.24, 2.45) is 11.7 Å². The highest BCUT2D eigenvalue weighted by Gasteiger charge is 2.27. The van der Waals surface area contributed by atoms with Gasteiger partial charge in [-0.3, -0.25) is 4.79 Å². The van der Waals surface area contributed by atoms with Gasteiger partial charge in [0.05, 0.1) is 6.04 Å². The molecule has 102 valence electrons. The van der Waals surface area contributed by atoms with E-state index >= 15 is 0 Å². The summed E-state index contributed by atoms with van der Waals surface area (Å²) in [6.07, 6.45) is 1.93. The Kier molecular flexibility index (Phi) is 5.63. The van der Waals surface area contributed by atoms with Gasteiger partial charge in [-0.15, -0.1) is 23.7 Å². The Labute approximate surface area is 119 Å². The van der Waals surface area contributed by atoms with E-state index in [1.165, 1.54) is 10.4 Å². The maximum Gasteiger partial charge on any atom is 0.240 e. The Morgan fingerprint density at radius 2 is 2.33 bits per heavy atom. The zero-order valence-corrected chi connectivity index (χ0v) is 12.5. The third kappa shape index (κ3) is 3.05. The van der Waals surface area contributed by atoms with Gasteiger partial charge >= 0.3 is 0 Å². The van der Waals surface area contributed by atoms with Crippen LogP contribution in [0.3, 0.4) is 0 Å². The van der Waals surface area contributed by atoms with Crippen LogP contribution in [0.25, 0.3) is 0 Å². The first kappa shape index (κ1) is 15.5. The lowest BCUT2D eigenvalue weighted by molar-refractivity contribution is -0.134. The maximum atomic E-state index is 12.2. The summed E-state index contributed by atoms with van der Waals surface area (Å²) in [6, 6.07) is 1.77. The van der Waals surface area contributed by atoms with Crippen molar-refractivity contribution in [1.29, 1.82) is 0 Å². The number of nitrogens with zero attached hydrogens (tertiary/aromatic N) is 1. The number of hydrogen-bond acceptors (Lipinski definition) is 3. The third-order valence-electron chi connectivity index (χ3n) is 3.66. The minimum absolute atomic E-state index is 0. The first-order valence-corrected chi connectivity index (χ1v) is 7.11. The molecule has 0 spiro atoms. The third-order valence-corrected chi connectivity index (χ3v) is 4.68. The van der Waals surface area contributed by atoms with Crippen LogP contribution in [-0.4, -0.2) is 23.4 Å². The lowest BCUT2D eigenvalue weighted by Gasteiger charge is -2.31. The Morgan fingerprint density at radius 3 is 3.00 bits per heavy atom. The highest BCUT2D eigenvalue weighted by Crippen LogP contribution is 2.24. The zero-order chi connectivity index (χ0) is 12.4. The van der Waals surface area contributed by atoms with Gasteiger partial charge in [0.2, 0.25) is 5.91 Å². The number of nitrogens with two attached hydrogens (primary N) is 1. The van der Waals surface area contributed by atoms with Crippen LogP contribution >= 0.6 is 23.7 Å². The fraction of sp³-hybridized carbons (Fsp3) is 0.615. The van der Waals surface area contributed by atoms with E-state index in [0.717, 1.165) is 25.9 Å². The molecule has 2 N–H and O–H groups in total. The normalized spacial score (nSPS) is 17.6. The summed E-state index contributed by atoms with van der Waals surface area (Å²) in [7, 11) is 0. The van der Waals surface area contributed by atoms with Crippen molar-refractivity contribution >= 4 is 29.7 Å². The first-order chi connectivity index (χ1) is 8.13. The minimum atomic E-state index is -0.347. The fourth-order valence-electron chi connectivity index (χ4n) is 2.14. The molecule has 2 heterocycles. The van der Waals surface area contributed by atoms with Crippen LogP contribution in [0.15, 0.2) is 11.4 Å². The van der Waals surface area contributed by atoms with E-state index in [9.17, 15) is 4.79 Å². The van der Waals surface area contributed by atoms with Gasteiger partial charge in [-0.25, -0.2) is 0 Å². The molecule has 1 aliphatic heterocycles. The highest BCUT2D eigenvalue weighted by atomic mass is 35.5. The summed E-state index contributed by atoms with van der Waals surface area (Å²) < 4.78 is 0. The Hall–Kier alpha value is -0.580. The lowest BCUT2D eigenvalue weighted by Crippen LogP contribution is -2.48. The van der Waals surface area contributed by atoms with E-state index in [1.807, 2.05) is 11.8 Å². The van der Waals surface area contributed by atoms with Crippen molar-refractivity contribution in [3.8, 4) is 0 Å². The van der Waals surface area contributed by atoms with Gasteiger partial charge in [0, 0.05) is 18.0 Å². The Morgan fingerprint density at radius 1 is 1.61 bits per heavy atom. The fourth-order valence-corrected chi connectivity index (χ4v) is 3.03. The molecule has 2 atom stereocenters. The highest BCUT2D eigenvalue weighted by molar-refractivity contribution is 7.10. The van der Waals surface area contributed by atoms with Gasteiger partial charge in [0.25, 0.3) is 0 Å². The summed E-state index contributed by atoms with van der Waals surface area (Å²) in [6.45, 7) is 5.67. The molecular formula is C13H21ClN2OS. The minimum Gasteiger partial charge on any atom is -0.337 e. The van der Waals surface area contributed by atoms with Crippen LogP contribution in [0, 0.1) is 5.92 Å². The van der Waals surface area contributed by atoms with Crippen molar-refractivity contribution in [3.05, 3.63) is 21.9 Å². The van der Waals surface area contributed by atoms with Crippen molar-refractivity contribution in [2.45, 2.75) is 39.3 Å². The van der Waals surface area contributed by atoms with E-state index in [2.05, 4.69) is 18.4 Å². The quantitative estimate of drug-likeness (QED) is 0.928. The molecule has 1 aromatic heterocycles. The molecule has 1 aromatic rings. The summed E-state index contributed by atoms with van der Waals surface area (Å²) in [5, 5.41) is 2.10. The van der Waals surface area contributed by atoms with Crippen molar-refractivity contribution < 1.29 is 4.79 Å². The average Bonchev–Trinajstić information content (AvgIpc) is 2.83. The second kappa shape index (κ2) is 6.55. The average molecular weight is 289 g/mol. The van der Waals surface area contributed by atoms with Gasteiger partial charge in [0.15, 0.2) is 0 Å². The van der Waals surface area contributed by atoms with E-state index in [4.69, 9.17) is 5.73 Å². The molecule has 5 heteroatoms. The molecule has 1 amide bonds. The molecule has 18 heavy (non-hydrogen) atoms. The molecule has 3 nitrogen and oxygen atoms in total. The number of halogens is 1. The van der Waals surface area contributed by atoms with Crippen LogP contribution in [0.5, 0.6) is 0 Å². The molecule has 0 bridgehead atoms. The molecule has 0 saturated carbocycles. The molecule has 1 aliphatic rings. The van der Waals surface area contributed by atoms with Crippen LogP contribution in [-0.2, 0) is 17.8 Å². The molecule has 0 aliphatic carbocycles. The van der Waals surface area contributed by atoms with Gasteiger partial charge in [-0.05, 0) is 29.3 Å². The molecule has 0 fully saturated rings. The number of carbonyl (C=O) groups excluding carboxylic acids is 1. The number of fused-ring (bicyclic) bond motifs is 1. The van der Waals surface area contributed by atoms with Crippen molar-refractivity contribution in [3.63, 3.8) is 0 Å². The lowest BCUT2D eigenvalue weighted by atomic mass is 9.98. The van der Waals surface area contributed by atoms with E-state index in [1.54, 1.807) is 11.3 Å². The second-order valence-corrected chi connectivity index (χ2v) is 5.79. The monoisotopic (exact) mass is 288 g/mol.